The molecule has 3 aliphatic heterocycles. The first kappa shape index (κ1) is 33.2. The first-order valence-electron chi connectivity index (χ1n) is 14.5. The number of carbonyl (C=O) groups is 3. The summed E-state index contributed by atoms with van der Waals surface area (Å²) in [7, 11) is 0. The monoisotopic (exact) mass is 640 g/mol. The fourth-order valence-electron chi connectivity index (χ4n) is 7.40. The summed E-state index contributed by atoms with van der Waals surface area (Å²) in [6.07, 6.45) is 6.28. The number of aliphatic hydroxyl groups excluding tert-OH is 1. The van der Waals surface area contributed by atoms with Crippen molar-refractivity contribution in [1.29, 1.82) is 0 Å². The lowest BCUT2D eigenvalue weighted by Crippen LogP contribution is -2.62. The second-order valence-electron chi connectivity index (χ2n) is 13.8. The second-order valence-corrected chi connectivity index (χ2v) is 16.5. The van der Waals surface area contributed by atoms with Crippen molar-refractivity contribution in [3.8, 4) is 0 Å². The standard InChI is InChI=1S/C31H49BrN2O5S/c1-10-12-13-15-39-28(38)22-23-26(36)34(21(17-35)19(3)4)25(31(23)16-20(32)24(22)40-31)27(37)33(14-11-2)30(8,9)18-29(5,6)7/h10-11,19-25,35H,1-2,12-18H2,3-9H3/t20?,21-,22+,23-,24+,25?,31?/m0/s1. The molecule has 7 nitrogen and oxygen atoms in total. The van der Waals surface area contributed by atoms with Crippen LogP contribution in [0, 0.1) is 23.2 Å². The van der Waals surface area contributed by atoms with Crippen LogP contribution in [0.5, 0.6) is 0 Å². The van der Waals surface area contributed by atoms with Gasteiger partial charge in [0, 0.05) is 22.2 Å². The Hall–Kier alpha value is -1.32. The van der Waals surface area contributed by atoms with Gasteiger partial charge in [-0.3, -0.25) is 14.4 Å². The number of nitrogens with zero attached hydrogens (tertiary/aromatic N) is 2. The molecule has 0 aromatic heterocycles. The quantitative estimate of drug-likeness (QED) is 0.129. The van der Waals surface area contributed by atoms with Crippen molar-refractivity contribution in [2.45, 2.75) is 107 Å². The average Bonchev–Trinajstić information content (AvgIpc) is 3.42. The van der Waals surface area contributed by atoms with Crippen LogP contribution >= 0.6 is 27.7 Å². The Morgan fingerprint density at radius 2 is 1.90 bits per heavy atom. The van der Waals surface area contributed by atoms with Gasteiger partial charge >= 0.3 is 5.97 Å². The fourth-order valence-corrected chi connectivity index (χ4v) is 11.0. The summed E-state index contributed by atoms with van der Waals surface area (Å²) < 4.78 is 4.90. The number of hydrogen-bond donors (Lipinski definition) is 1. The molecule has 2 bridgehead atoms. The molecule has 3 aliphatic rings. The summed E-state index contributed by atoms with van der Waals surface area (Å²) >= 11 is 5.41. The number of carbonyl (C=O) groups excluding carboxylic acids is 3. The van der Waals surface area contributed by atoms with Crippen molar-refractivity contribution in [2.24, 2.45) is 23.2 Å². The van der Waals surface area contributed by atoms with Crippen molar-refractivity contribution in [3.05, 3.63) is 25.3 Å². The molecular formula is C31H49BrN2O5S. The van der Waals surface area contributed by atoms with E-state index in [2.05, 4.69) is 63.7 Å². The number of thioether (sulfide) groups is 1. The third kappa shape index (κ3) is 6.07. The number of halogens is 1. The van der Waals surface area contributed by atoms with E-state index in [-0.39, 0.29) is 52.4 Å². The number of fused-ring (bicyclic) bond motifs is 1. The molecule has 1 N–H and O–H groups in total. The lowest BCUT2D eigenvalue weighted by molar-refractivity contribution is -0.155. The summed E-state index contributed by atoms with van der Waals surface area (Å²) in [6, 6.07) is -1.35. The molecule has 3 heterocycles. The number of alkyl halides is 1. The lowest BCUT2D eigenvalue weighted by Gasteiger charge is -2.47. The fraction of sp³-hybridized carbons (Fsp3) is 0.774. The Balaban J connectivity index is 2.11. The number of esters is 1. The third-order valence-corrected chi connectivity index (χ3v) is 11.8. The zero-order valence-corrected chi connectivity index (χ0v) is 27.7. The van der Waals surface area contributed by atoms with Crippen LogP contribution in [0.2, 0.25) is 0 Å². The lowest BCUT2D eigenvalue weighted by atomic mass is 9.70. The van der Waals surface area contributed by atoms with Gasteiger partial charge in [0.25, 0.3) is 0 Å². The van der Waals surface area contributed by atoms with E-state index in [4.69, 9.17) is 4.74 Å². The van der Waals surface area contributed by atoms with Crippen molar-refractivity contribution >= 4 is 45.5 Å². The van der Waals surface area contributed by atoms with Gasteiger partial charge in [0.1, 0.15) is 6.04 Å². The molecule has 3 rings (SSSR count). The van der Waals surface area contributed by atoms with Crippen LogP contribution in [0.15, 0.2) is 25.3 Å². The SMILES string of the molecule is C=CCCCOC(=O)[C@H]1[C@@H]2SC3(CC2Br)C(C(=O)N(CC=C)C(C)(C)CC(C)(C)C)N([C@@H](CO)C(C)C)C(=O)[C@H]13. The van der Waals surface area contributed by atoms with Gasteiger partial charge in [-0.05, 0) is 50.9 Å². The van der Waals surface area contributed by atoms with E-state index in [0.29, 0.717) is 19.4 Å². The Morgan fingerprint density at radius 3 is 2.42 bits per heavy atom. The Bertz CT molecular complexity index is 995. The molecule has 0 aromatic carbocycles. The van der Waals surface area contributed by atoms with Gasteiger partial charge in [-0.25, -0.2) is 0 Å². The molecule has 7 atom stereocenters. The summed E-state index contributed by atoms with van der Waals surface area (Å²) in [4.78, 5) is 46.3. The highest BCUT2D eigenvalue weighted by molar-refractivity contribution is 9.09. The molecule has 0 aliphatic carbocycles. The highest BCUT2D eigenvalue weighted by atomic mass is 79.9. The Morgan fingerprint density at radius 1 is 1.25 bits per heavy atom. The van der Waals surface area contributed by atoms with E-state index < -0.39 is 34.2 Å². The summed E-state index contributed by atoms with van der Waals surface area (Å²) in [5.41, 5.74) is -0.555. The number of hydrogen-bond acceptors (Lipinski definition) is 6. The molecule has 2 amide bonds. The largest absolute Gasteiger partial charge is 0.465 e. The van der Waals surface area contributed by atoms with Crippen LogP contribution in [0.4, 0.5) is 0 Å². The predicted molar refractivity (Wildman–Crippen MR) is 165 cm³/mol. The van der Waals surface area contributed by atoms with Crippen LogP contribution in [0.25, 0.3) is 0 Å². The van der Waals surface area contributed by atoms with Gasteiger partial charge in [-0.1, -0.05) is 62.7 Å². The van der Waals surface area contributed by atoms with E-state index >= 15 is 0 Å². The highest BCUT2D eigenvalue weighted by Gasteiger charge is 2.77. The number of unbranched alkanes of at least 4 members (excludes halogenated alkanes) is 1. The van der Waals surface area contributed by atoms with Crippen molar-refractivity contribution < 1.29 is 24.2 Å². The van der Waals surface area contributed by atoms with Gasteiger partial charge in [-0.2, -0.15) is 0 Å². The maximum Gasteiger partial charge on any atom is 0.310 e. The van der Waals surface area contributed by atoms with Crippen LogP contribution in [-0.4, -0.2) is 84.9 Å². The minimum atomic E-state index is -0.808. The molecule has 9 heteroatoms. The molecule has 3 saturated heterocycles. The highest BCUT2D eigenvalue weighted by Crippen LogP contribution is 2.68. The Kier molecular flexibility index (Phi) is 10.4. The number of allylic oxidation sites excluding steroid dienone is 1. The van der Waals surface area contributed by atoms with Crippen molar-refractivity contribution in [1.82, 2.24) is 9.80 Å². The van der Waals surface area contributed by atoms with Crippen LogP contribution < -0.4 is 0 Å². The van der Waals surface area contributed by atoms with Crippen LogP contribution in [0.1, 0.15) is 74.1 Å². The molecule has 3 unspecified atom stereocenters. The number of rotatable bonds is 13. The van der Waals surface area contributed by atoms with E-state index in [9.17, 15) is 19.5 Å². The molecule has 0 radical (unpaired) electrons. The maximum atomic E-state index is 14.9. The summed E-state index contributed by atoms with van der Waals surface area (Å²) in [5.74, 6) is -2.15. The maximum absolute atomic E-state index is 14.9. The van der Waals surface area contributed by atoms with Gasteiger partial charge in [-0.15, -0.1) is 24.9 Å². The minimum absolute atomic E-state index is 0.0374. The van der Waals surface area contributed by atoms with Gasteiger partial charge in [0.05, 0.1) is 35.8 Å². The number of ether oxygens (including phenoxy) is 1. The third-order valence-electron chi connectivity index (χ3n) is 8.62. The topological polar surface area (TPSA) is 87.2 Å². The normalized spacial score (nSPS) is 30.4. The first-order valence-corrected chi connectivity index (χ1v) is 16.3. The van der Waals surface area contributed by atoms with Gasteiger partial charge in [0.15, 0.2) is 0 Å². The molecule has 226 valence electrons. The molecule has 3 fully saturated rings. The van der Waals surface area contributed by atoms with E-state index in [1.807, 2.05) is 18.7 Å². The van der Waals surface area contributed by atoms with Crippen LogP contribution in [-0.2, 0) is 19.1 Å². The second kappa shape index (κ2) is 12.5. The molecule has 1 spiro atoms. The number of likely N-dealkylation sites (tertiary alicyclic amines) is 1. The zero-order chi connectivity index (χ0) is 30.2. The summed E-state index contributed by atoms with van der Waals surface area (Å²) in [5, 5.41) is 10.3. The molecule has 0 saturated carbocycles. The predicted octanol–water partition coefficient (Wildman–Crippen LogP) is 5.21. The van der Waals surface area contributed by atoms with Gasteiger partial charge in [0.2, 0.25) is 11.8 Å². The summed E-state index contributed by atoms with van der Waals surface area (Å²) in [6.45, 7) is 22.5. The average molecular weight is 642 g/mol. The molecule has 0 aromatic rings. The first-order chi connectivity index (χ1) is 18.6. The zero-order valence-electron chi connectivity index (χ0n) is 25.3. The number of aliphatic hydroxyl groups is 1. The van der Waals surface area contributed by atoms with E-state index in [0.717, 1.165) is 12.8 Å². The molecule has 40 heavy (non-hydrogen) atoms. The van der Waals surface area contributed by atoms with Crippen molar-refractivity contribution in [3.63, 3.8) is 0 Å². The Labute approximate surface area is 253 Å². The number of amides is 2. The molecular weight excluding hydrogens is 592 g/mol. The van der Waals surface area contributed by atoms with Gasteiger partial charge < -0.3 is 19.6 Å². The minimum Gasteiger partial charge on any atom is -0.465 e. The van der Waals surface area contributed by atoms with Crippen LogP contribution in [0.3, 0.4) is 0 Å². The smallest absolute Gasteiger partial charge is 0.310 e. The van der Waals surface area contributed by atoms with E-state index in [1.165, 1.54) is 0 Å². The van der Waals surface area contributed by atoms with E-state index in [1.54, 1.807) is 28.8 Å². The van der Waals surface area contributed by atoms with Crippen molar-refractivity contribution in [2.75, 3.05) is 19.8 Å².